The number of unbranched alkanes of at least 4 members (excludes halogenated alkanes) is 1. The largest absolute Gasteiger partial charge is 0.395 e. The third kappa shape index (κ3) is 10.2. The van der Waals surface area contributed by atoms with Crippen LogP contribution in [0.3, 0.4) is 0 Å². The van der Waals surface area contributed by atoms with Crippen LogP contribution in [0.5, 0.6) is 0 Å². The highest BCUT2D eigenvalue weighted by Gasteiger charge is 2.31. The van der Waals surface area contributed by atoms with Gasteiger partial charge in [0.25, 0.3) is 0 Å². The smallest absolute Gasteiger partial charge is 0.243 e. The summed E-state index contributed by atoms with van der Waals surface area (Å²) in [5, 5.41) is 13.0. The van der Waals surface area contributed by atoms with Gasteiger partial charge in [-0.05, 0) is 74.1 Å². The van der Waals surface area contributed by atoms with E-state index in [-0.39, 0.29) is 41.8 Å². The van der Waals surface area contributed by atoms with Crippen LogP contribution in [-0.2, 0) is 31.3 Å². The quantitative estimate of drug-likeness (QED) is 0.190. The summed E-state index contributed by atoms with van der Waals surface area (Å²) in [6.45, 7) is 5.81. The molecule has 0 heterocycles. The molecule has 0 aromatic heterocycles. The van der Waals surface area contributed by atoms with Crippen LogP contribution in [0.1, 0.15) is 44.2 Å². The standard InChI is InChI=1S/C32H42FN3O6S2/c1-24(2)22-36(44(41,42)30-16-12-25(3)13-17-30)28(23-37)11-7-8-20-34-32(38)31(21-26-9-5-4-6-10-26)35-43(39,40)29-18-14-27(33)15-19-29/h4-6,9-10,12-19,24,28,31,35,37H,7-8,11,20-23H2,1-3H3,(H,34,38)/t28-,31-/m0/s1. The van der Waals surface area contributed by atoms with E-state index in [1.807, 2.05) is 26.8 Å². The zero-order valence-electron chi connectivity index (χ0n) is 25.3. The van der Waals surface area contributed by atoms with Crippen LogP contribution < -0.4 is 10.0 Å². The molecule has 0 aliphatic rings. The number of hydrogen-bond acceptors (Lipinski definition) is 6. The number of amides is 1. The number of benzene rings is 3. The van der Waals surface area contributed by atoms with Gasteiger partial charge >= 0.3 is 0 Å². The maximum Gasteiger partial charge on any atom is 0.243 e. The Hall–Kier alpha value is -3.16. The van der Waals surface area contributed by atoms with Gasteiger partial charge in [-0.15, -0.1) is 0 Å². The Morgan fingerprint density at radius 2 is 1.50 bits per heavy atom. The van der Waals surface area contributed by atoms with Crippen LogP contribution in [-0.4, -0.2) is 63.9 Å². The predicted octanol–water partition coefficient (Wildman–Crippen LogP) is 4.02. The van der Waals surface area contributed by atoms with E-state index in [1.54, 1.807) is 48.5 Å². The highest BCUT2D eigenvalue weighted by Crippen LogP contribution is 2.23. The molecule has 1 amide bonds. The van der Waals surface area contributed by atoms with Gasteiger partial charge in [-0.2, -0.15) is 9.03 Å². The van der Waals surface area contributed by atoms with Gasteiger partial charge < -0.3 is 10.4 Å². The number of nitrogens with zero attached hydrogens (tertiary/aromatic N) is 1. The van der Waals surface area contributed by atoms with Gasteiger partial charge in [0.05, 0.1) is 16.4 Å². The number of hydrogen-bond donors (Lipinski definition) is 3. The fraction of sp³-hybridized carbons (Fsp3) is 0.406. The van der Waals surface area contributed by atoms with Crippen LogP contribution >= 0.6 is 0 Å². The average Bonchev–Trinajstić information content (AvgIpc) is 2.98. The van der Waals surface area contributed by atoms with E-state index in [0.717, 1.165) is 35.4 Å². The van der Waals surface area contributed by atoms with E-state index in [4.69, 9.17) is 0 Å². The lowest BCUT2D eigenvalue weighted by molar-refractivity contribution is -0.122. The van der Waals surface area contributed by atoms with Crippen molar-refractivity contribution in [2.24, 2.45) is 5.92 Å². The second-order valence-corrected chi connectivity index (χ2v) is 14.8. The Morgan fingerprint density at radius 3 is 2.09 bits per heavy atom. The van der Waals surface area contributed by atoms with Crippen molar-refractivity contribution < 1.29 is 31.1 Å². The molecule has 2 atom stereocenters. The fourth-order valence-corrected chi connectivity index (χ4v) is 7.73. The van der Waals surface area contributed by atoms with Crippen molar-refractivity contribution in [1.29, 1.82) is 0 Å². The molecular formula is C32H42FN3O6S2. The zero-order valence-corrected chi connectivity index (χ0v) is 27.0. The first-order chi connectivity index (χ1) is 20.8. The van der Waals surface area contributed by atoms with E-state index in [9.17, 15) is 31.1 Å². The topological polar surface area (TPSA) is 133 Å². The highest BCUT2D eigenvalue weighted by molar-refractivity contribution is 7.89. The molecule has 0 bridgehead atoms. The van der Waals surface area contributed by atoms with Gasteiger partial charge in [-0.25, -0.2) is 21.2 Å². The lowest BCUT2D eigenvalue weighted by Crippen LogP contribution is -2.48. The maximum atomic E-state index is 13.5. The number of aliphatic hydroxyl groups is 1. The third-order valence-electron chi connectivity index (χ3n) is 7.07. The van der Waals surface area contributed by atoms with Crippen molar-refractivity contribution >= 4 is 26.0 Å². The van der Waals surface area contributed by atoms with Crippen molar-refractivity contribution in [2.45, 2.75) is 68.3 Å². The van der Waals surface area contributed by atoms with Crippen molar-refractivity contribution in [3.63, 3.8) is 0 Å². The number of aliphatic hydroxyl groups excluding tert-OH is 1. The molecule has 3 aromatic carbocycles. The van der Waals surface area contributed by atoms with Gasteiger partial charge in [0.2, 0.25) is 26.0 Å². The lowest BCUT2D eigenvalue weighted by Gasteiger charge is -2.31. The van der Waals surface area contributed by atoms with Crippen molar-refractivity contribution in [3.05, 3.63) is 95.8 Å². The Kier molecular flexibility index (Phi) is 13.0. The fourth-order valence-electron chi connectivity index (χ4n) is 4.72. The van der Waals surface area contributed by atoms with Crippen molar-refractivity contribution in [1.82, 2.24) is 14.3 Å². The summed E-state index contributed by atoms with van der Waals surface area (Å²) in [5.74, 6) is -1.07. The minimum Gasteiger partial charge on any atom is -0.395 e. The second kappa shape index (κ2) is 16.2. The maximum absolute atomic E-state index is 13.5. The summed E-state index contributed by atoms with van der Waals surface area (Å²) in [6.07, 6.45) is 1.45. The number of carbonyl (C=O) groups excluding carboxylic acids is 1. The van der Waals surface area contributed by atoms with E-state index < -0.39 is 43.9 Å². The Balaban J connectivity index is 1.64. The molecule has 0 saturated carbocycles. The van der Waals surface area contributed by atoms with E-state index in [1.165, 1.54) is 4.31 Å². The number of aryl methyl sites for hydroxylation is 1. The van der Waals surface area contributed by atoms with Crippen LogP contribution in [0, 0.1) is 18.7 Å². The molecule has 44 heavy (non-hydrogen) atoms. The number of nitrogens with one attached hydrogen (secondary N) is 2. The minimum atomic E-state index is -4.12. The molecule has 0 radical (unpaired) electrons. The number of rotatable bonds is 17. The Morgan fingerprint density at radius 1 is 0.886 bits per heavy atom. The van der Waals surface area contributed by atoms with Crippen LogP contribution in [0.15, 0.2) is 88.7 Å². The summed E-state index contributed by atoms with van der Waals surface area (Å²) < 4.78 is 70.1. The SMILES string of the molecule is Cc1ccc(S(=O)(=O)N(CC(C)C)[C@H](CO)CCCCNC(=O)[C@H](Cc2ccccc2)NS(=O)(=O)c2ccc(F)cc2)cc1. The van der Waals surface area contributed by atoms with Gasteiger partial charge in [0.1, 0.15) is 11.9 Å². The molecule has 0 fully saturated rings. The predicted molar refractivity (Wildman–Crippen MR) is 168 cm³/mol. The van der Waals surface area contributed by atoms with Gasteiger partial charge in [0, 0.05) is 19.1 Å². The number of sulfonamides is 2. The summed E-state index contributed by atoms with van der Waals surface area (Å²) in [4.78, 5) is 13.2. The molecule has 240 valence electrons. The van der Waals surface area contributed by atoms with E-state index in [2.05, 4.69) is 10.0 Å². The summed E-state index contributed by atoms with van der Waals surface area (Å²) in [7, 11) is -7.96. The van der Waals surface area contributed by atoms with Gasteiger partial charge in [0.15, 0.2) is 0 Å². The first-order valence-electron chi connectivity index (χ1n) is 14.6. The second-order valence-electron chi connectivity index (χ2n) is 11.2. The molecule has 3 aromatic rings. The van der Waals surface area contributed by atoms with E-state index in [0.29, 0.717) is 19.3 Å². The molecule has 0 spiro atoms. The third-order valence-corrected chi connectivity index (χ3v) is 10.5. The summed E-state index contributed by atoms with van der Waals surface area (Å²) in [5.41, 5.74) is 1.69. The van der Waals surface area contributed by atoms with E-state index >= 15 is 0 Å². The first-order valence-corrected chi connectivity index (χ1v) is 17.5. The molecule has 3 N–H and O–H groups in total. The number of halogens is 1. The molecule has 0 aliphatic carbocycles. The molecule has 0 aliphatic heterocycles. The van der Waals surface area contributed by atoms with Gasteiger partial charge in [-0.1, -0.05) is 68.3 Å². The summed E-state index contributed by atoms with van der Waals surface area (Å²) in [6, 6.07) is 18.1. The monoisotopic (exact) mass is 647 g/mol. The molecule has 0 unspecified atom stereocenters. The molecule has 12 heteroatoms. The first kappa shape index (κ1) is 35.3. The van der Waals surface area contributed by atoms with Crippen LogP contribution in [0.2, 0.25) is 0 Å². The van der Waals surface area contributed by atoms with Crippen LogP contribution in [0.4, 0.5) is 4.39 Å². The molecular weight excluding hydrogens is 605 g/mol. The van der Waals surface area contributed by atoms with Gasteiger partial charge in [-0.3, -0.25) is 4.79 Å². The molecule has 3 rings (SSSR count). The Bertz CT molecular complexity index is 1550. The minimum absolute atomic E-state index is 0.0313. The van der Waals surface area contributed by atoms with Crippen LogP contribution in [0.25, 0.3) is 0 Å². The highest BCUT2D eigenvalue weighted by atomic mass is 32.2. The van der Waals surface area contributed by atoms with Crippen molar-refractivity contribution in [3.8, 4) is 0 Å². The molecule has 0 saturated heterocycles. The zero-order chi connectivity index (χ0) is 32.3. The van der Waals surface area contributed by atoms with Crippen molar-refractivity contribution in [2.75, 3.05) is 19.7 Å². The lowest BCUT2D eigenvalue weighted by atomic mass is 10.1. The summed E-state index contributed by atoms with van der Waals surface area (Å²) >= 11 is 0. The Labute approximate surface area is 260 Å². The normalized spacial score (nSPS) is 13.6. The average molecular weight is 648 g/mol. The number of carbonyl (C=O) groups is 1. The molecule has 9 nitrogen and oxygen atoms in total.